The van der Waals surface area contributed by atoms with Gasteiger partial charge in [0, 0.05) is 33.9 Å². The molecule has 0 saturated carbocycles. The predicted octanol–water partition coefficient (Wildman–Crippen LogP) is 21.1. The van der Waals surface area contributed by atoms with Crippen LogP contribution in [0.2, 0.25) is 0 Å². The number of nitrogens with zero attached hydrogens (tertiary/aromatic N) is 2. The minimum atomic E-state index is -3.47. The van der Waals surface area contributed by atoms with Crippen molar-refractivity contribution in [1.29, 1.82) is 0 Å². The summed E-state index contributed by atoms with van der Waals surface area (Å²) < 4.78 is 0. The first kappa shape index (κ1) is 72.1. The van der Waals surface area contributed by atoms with Crippen molar-refractivity contribution in [3.05, 3.63) is 442 Å². The number of para-hydroxylation sites is 1. The molecular weight excluding hydrogens is 1420 g/mol. The van der Waals surface area contributed by atoms with E-state index in [9.17, 15) is 0 Å². The zero-order valence-corrected chi connectivity index (χ0v) is 68.0. The molecule has 0 radical (unpaired) electrons. The van der Waals surface area contributed by atoms with Gasteiger partial charge in [-0.3, -0.25) is 0 Å². The molecule has 2 aliphatic rings. The number of fused-ring (bicyclic) bond motifs is 4. The van der Waals surface area contributed by atoms with Crippen molar-refractivity contribution in [3.63, 3.8) is 0 Å². The third-order valence-electron chi connectivity index (χ3n) is 24.2. The van der Waals surface area contributed by atoms with Crippen molar-refractivity contribution in [2.75, 3.05) is 9.80 Å². The lowest BCUT2D eigenvalue weighted by atomic mass is 9.33. The summed E-state index contributed by atoms with van der Waals surface area (Å²) in [6.07, 6.45) is 0. The number of anilines is 6. The monoisotopic (exact) mass is 1500 g/mol. The Morgan fingerprint density at radius 2 is 0.496 bits per heavy atom. The average Bonchev–Trinajstić information content (AvgIpc) is 0.692. The van der Waals surface area contributed by atoms with Gasteiger partial charge >= 0.3 is 0 Å². The van der Waals surface area contributed by atoms with E-state index in [1.54, 1.807) is 0 Å². The summed E-state index contributed by atoms with van der Waals surface area (Å²) in [7, 11) is -6.94. The Morgan fingerprint density at radius 1 is 0.191 bits per heavy atom. The van der Waals surface area contributed by atoms with E-state index in [1.165, 1.54) is 114 Å². The van der Waals surface area contributed by atoms with Crippen molar-refractivity contribution in [1.82, 2.24) is 0 Å². The van der Waals surface area contributed by atoms with Crippen LogP contribution >= 0.6 is 0 Å². The SMILES string of the molecule is CC(C)(C)c1cccc(-c2ccc3c(c2)B2c4cc(-c5cc([Si](c6ccccc6)(c6ccccc6)c6cccc(-c7ccccc7)c6)cc([Si](c6ccccc6)(c6ccccc6)c6cccc(-c7ccccc7)c6)c5)ccc4N(c4ccccc4-c4ccccc4)c4cccc(c42)N3c2ccc(C(C)(C)C)cc2-c2ccccc2)c1. The van der Waals surface area contributed by atoms with Gasteiger partial charge in [-0.15, -0.1) is 0 Å². The zero-order chi connectivity index (χ0) is 77.8. The molecule has 0 spiro atoms. The van der Waals surface area contributed by atoms with Gasteiger partial charge < -0.3 is 9.80 Å². The first-order chi connectivity index (χ1) is 56.3. The van der Waals surface area contributed by atoms with Crippen molar-refractivity contribution in [2.45, 2.75) is 52.4 Å². The molecule has 0 aromatic heterocycles. The molecular formula is C110H89BN2Si2. The second kappa shape index (κ2) is 29.7. The quantitative estimate of drug-likeness (QED) is 0.0703. The summed E-state index contributed by atoms with van der Waals surface area (Å²) in [5.41, 5.74) is 27.1. The van der Waals surface area contributed by atoms with Gasteiger partial charge in [-0.2, -0.15) is 0 Å². The van der Waals surface area contributed by atoms with Gasteiger partial charge in [-0.25, -0.2) is 0 Å². The highest BCUT2D eigenvalue weighted by atomic mass is 28.3. The molecule has 0 N–H and O–H groups in total. The van der Waals surface area contributed by atoms with E-state index < -0.39 is 16.1 Å². The maximum atomic E-state index is 2.72. The maximum absolute atomic E-state index is 3.47. The maximum Gasteiger partial charge on any atom is 0.252 e. The van der Waals surface area contributed by atoms with Crippen molar-refractivity contribution in [3.8, 4) is 66.8 Å². The molecule has 17 aromatic rings. The number of hydrogen-bond acceptors (Lipinski definition) is 2. The highest BCUT2D eigenvalue weighted by Gasteiger charge is 2.48. The topological polar surface area (TPSA) is 6.48 Å². The van der Waals surface area contributed by atoms with Crippen LogP contribution < -0.4 is 67.7 Å². The van der Waals surface area contributed by atoms with E-state index in [4.69, 9.17) is 0 Å². The molecule has 2 nitrogen and oxygen atoms in total. The van der Waals surface area contributed by atoms with Crippen molar-refractivity contribution < 1.29 is 0 Å². The lowest BCUT2D eigenvalue weighted by molar-refractivity contribution is 0.590. The normalized spacial score (nSPS) is 12.6. The molecule has 0 saturated heterocycles. The molecule has 0 aliphatic carbocycles. The van der Waals surface area contributed by atoms with E-state index in [0.29, 0.717) is 0 Å². The van der Waals surface area contributed by atoms with Crippen LogP contribution in [0.1, 0.15) is 52.7 Å². The van der Waals surface area contributed by atoms with Crippen molar-refractivity contribution in [2.24, 2.45) is 0 Å². The summed E-state index contributed by atoms with van der Waals surface area (Å²) >= 11 is 0. The third-order valence-corrected chi connectivity index (χ3v) is 33.7. The van der Waals surface area contributed by atoms with Crippen LogP contribution in [0.25, 0.3) is 66.8 Å². The first-order valence-electron chi connectivity index (χ1n) is 40.5. The Kier molecular flexibility index (Phi) is 18.6. The lowest BCUT2D eigenvalue weighted by Crippen LogP contribution is -2.78. The number of hydrogen-bond donors (Lipinski definition) is 0. The largest absolute Gasteiger partial charge is 0.311 e. The van der Waals surface area contributed by atoms with Gasteiger partial charge in [0.05, 0.1) is 11.4 Å². The third kappa shape index (κ3) is 12.9. The molecule has 0 fully saturated rings. The Labute approximate surface area is 680 Å². The minimum absolute atomic E-state index is 0.0651. The summed E-state index contributed by atoms with van der Waals surface area (Å²) in [6, 6.07) is 165. The fraction of sp³-hybridized carbons (Fsp3) is 0.0727. The molecule has 17 aromatic carbocycles. The smallest absolute Gasteiger partial charge is 0.252 e. The van der Waals surface area contributed by atoms with Crippen LogP contribution in [0.15, 0.2) is 431 Å². The van der Waals surface area contributed by atoms with Crippen molar-refractivity contribution >= 4 is 115 Å². The number of benzene rings is 17. The van der Waals surface area contributed by atoms with Crippen LogP contribution in [0, 0.1) is 0 Å². The standard InChI is InChI=1S/C110H89BN2Si2/c1-109(2,3)88-48-33-45-82(69-88)85-63-66-105-100(74-85)111-101-75-86(64-67-104(101)112(102-60-32-31-59-98(102)80-41-19-9-20-42-80)106-61-36-62-107(108(106)111)113(105)103-68-65-89(110(4,5)6)76-99(103)81-43-21-10-22-44-81)87-72-96(114(90-49-23-11-24-50-90,91-51-25-12-26-52-91)94-57-34-46-83(70-94)78-37-15-7-16-38-78)77-97(73-87)115(92-53-27-13-28-54-92,93-55-29-14-30-56-93)95-58-35-47-84(71-95)79-39-17-8-18-40-79/h7-77H,1-6H3. The highest BCUT2D eigenvalue weighted by molar-refractivity contribution is 7.22. The molecule has 0 atom stereocenters. The Bertz CT molecular complexity index is 6150. The van der Waals surface area contributed by atoms with E-state index >= 15 is 0 Å². The van der Waals surface area contributed by atoms with Crippen LogP contribution in [-0.2, 0) is 10.8 Å². The fourth-order valence-electron chi connectivity index (χ4n) is 18.7. The molecule has 19 rings (SSSR count). The molecule has 0 bridgehead atoms. The number of rotatable bonds is 16. The molecule has 115 heavy (non-hydrogen) atoms. The van der Waals surface area contributed by atoms with Gasteiger partial charge in [0.25, 0.3) is 6.71 Å². The fourth-order valence-corrected chi connectivity index (χ4v) is 28.5. The van der Waals surface area contributed by atoms with E-state index in [1.807, 2.05) is 0 Å². The van der Waals surface area contributed by atoms with Gasteiger partial charge in [0.2, 0.25) is 0 Å². The Morgan fingerprint density at radius 3 is 0.939 bits per heavy atom. The highest BCUT2D eigenvalue weighted by Crippen LogP contribution is 2.50. The average molecular weight is 1510 g/mol. The Balaban J connectivity index is 0.954. The van der Waals surface area contributed by atoms with Crippen LogP contribution in [-0.4, -0.2) is 22.9 Å². The minimum Gasteiger partial charge on any atom is -0.311 e. The summed E-state index contributed by atoms with van der Waals surface area (Å²) in [5.74, 6) is 0. The molecule has 0 amide bonds. The summed E-state index contributed by atoms with van der Waals surface area (Å²) in [6.45, 7) is 13.7. The molecule has 2 aliphatic heterocycles. The molecule has 550 valence electrons. The van der Waals surface area contributed by atoms with Gasteiger partial charge in [0.1, 0.15) is 0 Å². The van der Waals surface area contributed by atoms with Gasteiger partial charge in [-0.1, -0.05) is 430 Å². The molecule has 5 heteroatoms. The molecule has 2 heterocycles. The van der Waals surface area contributed by atoms with Crippen LogP contribution in [0.4, 0.5) is 34.1 Å². The van der Waals surface area contributed by atoms with Gasteiger partial charge in [0.15, 0.2) is 16.1 Å². The van der Waals surface area contributed by atoms with E-state index in [2.05, 4.69) is 482 Å². The summed E-state index contributed by atoms with van der Waals surface area (Å²) in [5, 5.41) is 10.5. The van der Waals surface area contributed by atoms with E-state index in [-0.39, 0.29) is 17.5 Å². The lowest BCUT2D eigenvalue weighted by Gasteiger charge is -2.45. The van der Waals surface area contributed by atoms with Crippen LogP contribution in [0.5, 0.6) is 0 Å². The Hall–Kier alpha value is -13.2. The predicted molar refractivity (Wildman–Crippen MR) is 498 cm³/mol. The zero-order valence-electron chi connectivity index (χ0n) is 66.0. The summed E-state index contributed by atoms with van der Waals surface area (Å²) in [4.78, 5) is 5.24. The second-order valence-corrected chi connectivity index (χ2v) is 40.7. The first-order valence-corrected chi connectivity index (χ1v) is 44.5. The van der Waals surface area contributed by atoms with Crippen LogP contribution in [0.3, 0.4) is 0 Å². The van der Waals surface area contributed by atoms with E-state index in [0.717, 1.165) is 56.4 Å². The molecule has 0 unspecified atom stereocenters. The van der Waals surface area contributed by atoms with Gasteiger partial charge in [-0.05, 0) is 178 Å². The second-order valence-electron chi connectivity index (χ2n) is 33.1.